The van der Waals surface area contributed by atoms with Crippen LogP contribution in [0, 0.1) is 0 Å². The van der Waals surface area contributed by atoms with Crippen molar-refractivity contribution in [3.63, 3.8) is 0 Å². The van der Waals surface area contributed by atoms with Gasteiger partial charge in [0.25, 0.3) is 5.91 Å². The van der Waals surface area contributed by atoms with Gasteiger partial charge in [-0.1, -0.05) is 6.07 Å². The first-order valence-electron chi connectivity index (χ1n) is 8.35. The largest absolute Gasteiger partial charge is 0.504 e. The number of nitrogens with one attached hydrogen (secondary N) is 3. The normalized spacial score (nSPS) is 14.0. The minimum absolute atomic E-state index is 0.193. The molecule has 1 aliphatic heterocycles. The Morgan fingerprint density at radius 2 is 1.86 bits per heavy atom. The molecule has 4 rings (SSSR count). The number of nitrogens with two attached hydrogens (primary N) is 1. The van der Waals surface area contributed by atoms with Gasteiger partial charge in [-0.3, -0.25) is 4.79 Å². The van der Waals surface area contributed by atoms with Crippen LogP contribution >= 0.6 is 0 Å². The van der Waals surface area contributed by atoms with Gasteiger partial charge in [0.05, 0.1) is 5.57 Å². The number of aromatic amines is 1. The number of amides is 3. The third kappa shape index (κ3) is 3.14. The molecule has 8 heteroatoms. The number of phenols is 2. The van der Waals surface area contributed by atoms with Gasteiger partial charge in [-0.05, 0) is 53.6 Å². The maximum absolute atomic E-state index is 12.4. The number of benzene rings is 2. The van der Waals surface area contributed by atoms with Crippen molar-refractivity contribution < 1.29 is 19.8 Å². The first-order chi connectivity index (χ1) is 13.4. The van der Waals surface area contributed by atoms with Crippen molar-refractivity contribution in [3.05, 3.63) is 59.9 Å². The Bertz CT molecular complexity index is 1150. The van der Waals surface area contributed by atoms with E-state index in [-0.39, 0.29) is 17.4 Å². The van der Waals surface area contributed by atoms with Crippen LogP contribution in [-0.4, -0.2) is 27.1 Å². The summed E-state index contributed by atoms with van der Waals surface area (Å²) in [6, 6.07) is 10.7. The van der Waals surface area contributed by atoms with E-state index in [1.807, 2.05) is 6.07 Å². The van der Waals surface area contributed by atoms with Gasteiger partial charge in [0, 0.05) is 28.8 Å². The monoisotopic (exact) mass is 376 g/mol. The predicted molar refractivity (Wildman–Crippen MR) is 106 cm³/mol. The Morgan fingerprint density at radius 3 is 2.61 bits per heavy atom. The molecule has 0 unspecified atom stereocenters. The predicted octanol–water partition coefficient (Wildman–Crippen LogP) is 3.08. The second kappa shape index (κ2) is 6.51. The van der Waals surface area contributed by atoms with E-state index in [1.54, 1.807) is 36.5 Å². The Balaban J connectivity index is 1.69. The molecule has 28 heavy (non-hydrogen) atoms. The minimum atomic E-state index is -0.686. The van der Waals surface area contributed by atoms with Gasteiger partial charge in [0.15, 0.2) is 11.5 Å². The zero-order valence-corrected chi connectivity index (χ0v) is 14.5. The van der Waals surface area contributed by atoms with Crippen molar-refractivity contribution in [2.24, 2.45) is 5.73 Å². The van der Waals surface area contributed by atoms with Crippen molar-refractivity contribution in [3.8, 4) is 22.6 Å². The first kappa shape index (κ1) is 17.2. The Labute approximate surface area is 159 Å². The van der Waals surface area contributed by atoms with Crippen LogP contribution in [-0.2, 0) is 4.79 Å². The number of H-pyrrole nitrogens is 1. The molecule has 2 heterocycles. The lowest BCUT2D eigenvalue weighted by molar-refractivity contribution is -0.110. The molecular formula is C20H16N4O4. The molecule has 7 N–H and O–H groups in total. The number of fused-ring (bicyclic) bond motifs is 1. The SMILES string of the molecule is NC(=O)Nc1ccc2c(c1)C(=Cc1cc(-c3ccc(O)c(O)c3)c[nH]1)C(=O)N2. The molecule has 8 nitrogen and oxygen atoms in total. The quantitative estimate of drug-likeness (QED) is 0.309. The summed E-state index contributed by atoms with van der Waals surface area (Å²) in [5.41, 5.74) is 9.52. The highest BCUT2D eigenvalue weighted by atomic mass is 16.3. The lowest BCUT2D eigenvalue weighted by atomic mass is 10.0. The average Bonchev–Trinajstić information content (AvgIpc) is 3.22. The molecule has 0 fully saturated rings. The number of hydrogen-bond acceptors (Lipinski definition) is 4. The molecule has 3 amide bonds. The van der Waals surface area contributed by atoms with Crippen molar-refractivity contribution in [2.75, 3.05) is 10.6 Å². The molecule has 0 bridgehead atoms. The van der Waals surface area contributed by atoms with Crippen LogP contribution in [0.3, 0.4) is 0 Å². The summed E-state index contributed by atoms with van der Waals surface area (Å²) in [5.74, 6) is -0.664. The summed E-state index contributed by atoms with van der Waals surface area (Å²) >= 11 is 0. The smallest absolute Gasteiger partial charge is 0.316 e. The fraction of sp³-hybridized carbons (Fsp3) is 0. The van der Waals surface area contributed by atoms with Crippen LogP contribution in [0.1, 0.15) is 11.3 Å². The van der Waals surface area contributed by atoms with Gasteiger partial charge < -0.3 is 31.6 Å². The topological polar surface area (TPSA) is 140 Å². The third-order valence-corrected chi connectivity index (χ3v) is 4.38. The summed E-state index contributed by atoms with van der Waals surface area (Å²) in [6.45, 7) is 0. The van der Waals surface area contributed by atoms with E-state index in [0.29, 0.717) is 33.8 Å². The number of carbonyl (C=O) groups excluding carboxylic acids is 2. The molecule has 0 atom stereocenters. The second-order valence-electron chi connectivity index (χ2n) is 6.31. The third-order valence-electron chi connectivity index (χ3n) is 4.38. The lowest BCUT2D eigenvalue weighted by Gasteiger charge is -2.04. The summed E-state index contributed by atoms with van der Waals surface area (Å²) in [4.78, 5) is 26.5. The zero-order chi connectivity index (χ0) is 19.8. The molecule has 0 spiro atoms. The Morgan fingerprint density at radius 1 is 1.04 bits per heavy atom. The van der Waals surface area contributed by atoms with Crippen LogP contribution in [0.5, 0.6) is 11.5 Å². The average molecular weight is 376 g/mol. The lowest BCUT2D eigenvalue weighted by Crippen LogP contribution is -2.19. The molecular weight excluding hydrogens is 360 g/mol. The van der Waals surface area contributed by atoms with Gasteiger partial charge in [0.1, 0.15) is 0 Å². The first-order valence-corrected chi connectivity index (χ1v) is 8.35. The zero-order valence-electron chi connectivity index (χ0n) is 14.5. The van der Waals surface area contributed by atoms with E-state index in [2.05, 4.69) is 15.6 Å². The van der Waals surface area contributed by atoms with E-state index in [0.717, 1.165) is 5.56 Å². The molecule has 140 valence electrons. The molecule has 0 aliphatic carbocycles. The molecule has 0 radical (unpaired) electrons. The minimum Gasteiger partial charge on any atom is -0.504 e. The number of hydrogen-bond donors (Lipinski definition) is 6. The fourth-order valence-corrected chi connectivity index (χ4v) is 3.07. The van der Waals surface area contributed by atoms with Gasteiger partial charge in [-0.15, -0.1) is 0 Å². The molecule has 3 aromatic rings. The molecule has 0 saturated heterocycles. The highest BCUT2D eigenvalue weighted by Crippen LogP contribution is 2.36. The van der Waals surface area contributed by atoms with Crippen LogP contribution < -0.4 is 16.4 Å². The van der Waals surface area contributed by atoms with E-state index < -0.39 is 6.03 Å². The summed E-state index contributed by atoms with van der Waals surface area (Å²) in [6.07, 6.45) is 3.43. The van der Waals surface area contributed by atoms with Gasteiger partial charge in [0.2, 0.25) is 0 Å². The van der Waals surface area contributed by atoms with Crippen LogP contribution in [0.15, 0.2) is 48.7 Å². The molecule has 1 aromatic heterocycles. The molecule has 1 aliphatic rings. The molecule has 0 saturated carbocycles. The number of rotatable bonds is 3. The highest BCUT2D eigenvalue weighted by molar-refractivity contribution is 6.35. The van der Waals surface area contributed by atoms with Crippen LogP contribution in [0.4, 0.5) is 16.2 Å². The Kier molecular flexibility index (Phi) is 4.00. The van der Waals surface area contributed by atoms with Crippen molar-refractivity contribution >= 4 is 35.0 Å². The van der Waals surface area contributed by atoms with Crippen LogP contribution in [0.2, 0.25) is 0 Å². The number of carbonyl (C=O) groups is 2. The van der Waals surface area contributed by atoms with Gasteiger partial charge in [-0.2, -0.15) is 0 Å². The number of phenolic OH excluding ortho intramolecular Hbond substituents is 2. The van der Waals surface area contributed by atoms with E-state index in [4.69, 9.17) is 5.73 Å². The van der Waals surface area contributed by atoms with E-state index in [9.17, 15) is 19.8 Å². The number of aromatic hydroxyl groups is 2. The number of aromatic nitrogens is 1. The Hall–Kier alpha value is -4.20. The fourth-order valence-electron chi connectivity index (χ4n) is 3.07. The number of primary amides is 1. The summed E-state index contributed by atoms with van der Waals surface area (Å²) in [7, 11) is 0. The summed E-state index contributed by atoms with van der Waals surface area (Å²) < 4.78 is 0. The van der Waals surface area contributed by atoms with E-state index >= 15 is 0 Å². The van der Waals surface area contributed by atoms with Gasteiger partial charge in [-0.25, -0.2) is 4.79 Å². The van der Waals surface area contributed by atoms with E-state index in [1.165, 1.54) is 12.1 Å². The van der Waals surface area contributed by atoms with Crippen LogP contribution in [0.25, 0.3) is 22.8 Å². The maximum Gasteiger partial charge on any atom is 0.316 e. The number of anilines is 2. The summed E-state index contributed by atoms with van der Waals surface area (Å²) in [5, 5.41) is 24.4. The molecule has 2 aromatic carbocycles. The van der Waals surface area contributed by atoms with Crippen molar-refractivity contribution in [1.82, 2.24) is 4.98 Å². The standard InChI is InChI=1S/C20H16N4O4/c21-20(28)23-12-2-3-16-14(7-12)15(19(27)24-16)8-13-5-11(9-22-13)10-1-4-17(25)18(26)6-10/h1-9,22,25-26H,(H,24,27)(H3,21,23,28). The van der Waals surface area contributed by atoms with Crippen molar-refractivity contribution in [1.29, 1.82) is 0 Å². The van der Waals surface area contributed by atoms with Crippen molar-refractivity contribution in [2.45, 2.75) is 0 Å². The second-order valence-corrected chi connectivity index (χ2v) is 6.31. The number of urea groups is 1. The highest BCUT2D eigenvalue weighted by Gasteiger charge is 2.24. The maximum atomic E-state index is 12.4. The van der Waals surface area contributed by atoms with Gasteiger partial charge >= 0.3 is 6.03 Å².